The minimum Gasteiger partial charge on any atom is -0.465 e. The smallest absolute Gasteiger partial charge is 0.320 e. The van der Waals surface area contributed by atoms with Crippen LogP contribution in [0.1, 0.15) is 38.4 Å². The number of ether oxygens (including phenoxy) is 1. The van der Waals surface area contributed by atoms with Crippen molar-refractivity contribution in [3.63, 3.8) is 0 Å². The summed E-state index contributed by atoms with van der Waals surface area (Å²) in [5.74, 6) is 1.09. The van der Waals surface area contributed by atoms with Gasteiger partial charge in [0.15, 0.2) is 5.82 Å². The van der Waals surface area contributed by atoms with Crippen LogP contribution in [0.25, 0.3) is 0 Å². The van der Waals surface area contributed by atoms with Crippen LogP contribution >= 0.6 is 0 Å². The third-order valence-electron chi connectivity index (χ3n) is 2.86. The predicted molar refractivity (Wildman–Crippen MR) is 63.7 cm³/mol. The highest BCUT2D eigenvalue weighted by atomic mass is 16.5. The molecule has 1 aromatic heterocycles. The standard InChI is InChI=1S/C12H19N3O3/c1-3-11-13-10(14-18-11)7-15(9-5-6-9)8-12(16)17-4-2/h9H,3-8H2,1-2H3. The Morgan fingerprint density at radius 3 is 2.83 bits per heavy atom. The van der Waals surface area contributed by atoms with Gasteiger partial charge in [-0.25, -0.2) is 0 Å². The number of rotatable bonds is 7. The third kappa shape index (κ3) is 3.53. The fourth-order valence-corrected chi connectivity index (χ4v) is 1.81. The second kappa shape index (κ2) is 5.95. The lowest BCUT2D eigenvalue weighted by Gasteiger charge is -2.18. The Kier molecular flexibility index (Phi) is 4.30. The zero-order valence-corrected chi connectivity index (χ0v) is 10.9. The Hall–Kier alpha value is -1.43. The van der Waals surface area contributed by atoms with E-state index >= 15 is 0 Å². The predicted octanol–water partition coefficient (Wildman–Crippen LogP) is 1.16. The van der Waals surface area contributed by atoms with E-state index in [0.29, 0.717) is 37.5 Å². The van der Waals surface area contributed by atoms with Crippen LogP contribution in [-0.2, 0) is 22.5 Å². The zero-order chi connectivity index (χ0) is 13.0. The number of carbonyl (C=O) groups is 1. The topological polar surface area (TPSA) is 68.5 Å². The Bertz CT molecular complexity index is 401. The van der Waals surface area contributed by atoms with E-state index in [-0.39, 0.29) is 5.97 Å². The van der Waals surface area contributed by atoms with Crippen LogP contribution in [0, 0.1) is 0 Å². The van der Waals surface area contributed by atoms with Gasteiger partial charge in [-0.05, 0) is 19.8 Å². The molecule has 100 valence electrons. The average Bonchev–Trinajstić information content (AvgIpc) is 3.10. The number of aryl methyl sites for hydroxylation is 1. The largest absolute Gasteiger partial charge is 0.465 e. The number of esters is 1. The monoisotopic (exact) mass is 253 g/mol. The summed E-state index contributed by atoms with van der Waals surface area (Å²) in [5.41, 5.74) is 0. The quantitative estimate of drug-likeness (QED) is 0.679. The van der Waals surface area contributed by atoms with Crippen molar-refractivity contribution >= 4 is 5.97 Å². The van der Waals surface area contributed by atoms with Gasteiger partial charge in [0.2, 0.25) is 5.89 Å². The number of carbonyl (C=O) groups excluding carboxylic acids is 1. The molecule has 1 aromatic rings. The van der Waals surface area contributed by atoms with Gasteiger partial charge in [0.05, 0.1) is 19.7 Å². The molecule has 2 rings (SSSR count). The van der Waals surface area contributed by atoms with Gasteiger partial charge >= 0.3 is 5.97 Å². The Morgan fingerprint density at radius 2 is 2.28 bits per heavy atom. The molecule has 1 heterocycles. The SMILES string of the molecule is CCOC(=O)CN(Cc1noc(CC)n1)C1CC1. The second-order valence-electron chi connectivity index (χ2n) is 4.40. The van der Waals surface area contributed by atoms with E-state index in [9.17, 15) is 4.79 Å². The minimum absolute atomic E-state index is 0.191. The molecule has 0 aromatic carbocycles. The summed E-state index contributed by atoms with van der Waals surface area (Å²) >= 11 is 0. The molecular weight excluding hydrogens is 234 g/mol. The van der Waals surface area contributed by atoms with Gasteiger partial charge in [-0.3, -0.25) is 9.69 Å². The third-order valence-corrected chi connectivity index (χ3v) is 2.86. The van der Waals surface area contributed by atoms with Crippen molar-refractivity contribution in [3.8, 4) is 0 Å². The molecule has 18 heavy (non-hydrogen) atoms. The van der Waals surface area contributed by atoms with Crippen molar-refractivity contribution in [3.05, 3.63) is 11.7 Å². The molecule has 0 N–H and O–H groups in total. The van der Waals surface area contributed by atoms with Crippen LogP contribution in [0.15, 0.2) is 4.52 Å². The Balaban J connectivity index is 1.91. The number of aromatic nitrogens is 2. The summed E-state index contributed by atoms with van der Waals surface area (Å²) < 4.78 is 10.0. The molecule has 0 amide bonds. The van der Waals surface area contributed by atoms with Gasteiger partial charge in [-0.1, -0.05) is 12.1 Å². The van der Waals surface area contributed by atoms with Crippen molar-refractivity contribution in [2.24, 2.45) is 0 Å². The first-order valence-corrected chi connectivity index (χ1v) is 6.44. The van der Waals surface area contributed by atoms with Crippen LogP contribution in [0.3, 0.4) is 0 Å². The van der Waals surface area contributed by atoms with Gasteiger partial charge in [-0.15, -0.1) is 0 Å². The van der Waals surface area contributed by atoms with E-state index < -0.39 is 0 Å². The highest BCUT2D eigenvalue weighted by Crippen LogP contribution is 2.27. The van der Waals surface area contributed by atoms with Crippen molar-refractivity contribution in [2.45, 2.75) is 45.7 Å². The first-order chi connectivity index (χ1) is 8.72. The molecule has 0 spiro atoms. The fraction of sp³-hybridized carbons (Fsp3) is 0.750. The van der Waals surface area contributed by atoms with Gasteiger partial charge in [0, 0.05) is 12.5 Å². The lowest BCUT2D eigenvalue weighted by atomic mass is 10.4. The molecule has 6 heteroatoms. The molecule has 0 bridgehead atoms. The maximum absolute atomic E-state index is 11.5. The lowest BCUT2D eigenvalue weighted by Crippen LogP contribution is -2.32. The van der Waals surface area contributed by atoms with E-state index in [2.05, 4.69) is 15.0 Å². The van der Waals surface area contributed by atoms with Crippen LogP contribution in [0.4, 0.5) is 0 Å². The lowest BCUT2D eigenvalue weighted by molar-refractivity contribution is -0.144. The van der Waals surface area contributed by atoms with Crippen LogP contribution in [0.5, 0.6) is 0 Å². The maximum atomic E-state index is 11.5. The first-order valence-electron chi connectivity index (χ1n) is 6.44. The van der Waals surface area contributed by atoms with E-state index in [1.54, 1.807) is 0 Å². The average molecular weight is 253 g/mol. The second-order valence-corrected chi connectivity index (χ2v) is 4.40. The van der Waals surface area contributed by atoms with Gasteiger partial charge < -0.3 is 9.26 Å². The van der Waals surface area contributed by atoms with Gasteiger partial charge in [0.1, 0.15) is 0 Å². The van der Waals surface area contributed by atoms with Crippen molar-refractivity contribution in [1.29, 1.82) is 0 Å². The van der Waals surface area contributed by atoms with Crippen molar-refractivity contribution in [2.75, 3.05) is 13.2 Å². The molecule has 0 atom stereocenters. The van der Waals surface area contributed by atoms with Crippen LogP contribution in [0.2, 0.25) is 0 Å². The molecule has 1 aliphatic rings. The molecular formula is C12H19N3O3. The van der Waals surface area contributed by atoms with Crippen LogP contribution < -0.4 is 0 Å². The maximum Gasteiger partial charge on any atom is 0.320 e. The fourth-order valence-electron chi connectivity index (χ4n) is 1.81. The molecule has 0 unspecified atom stereocenters. The summed E-state index contributed by atoms with van der Waals surface area (Å²) in [4.78, 5) is 17.8. The zero-order valence-electron chi connectivity index (χ0n) is 10.9. The van der Waals surface area contributed by atoms with E-state index in [1.165, 1.54) is 0 Å². The van der Waals surface area contributed by atoms with E-state index in [1.807, 2.05) is 13.8 Å². The molecule has 6 nitrogen and oxygen atoms in total. The minimum atomic E-state index is -0.191. The summed E-state index contributed by atoms with van der Waals surface area (Å²) in [7, 11) is 0. The number of hydrogen-bond donors (Lipinski definition) is 0. The van der Waals surface area contributed by atoms with E-state index in [0.717, 1.165) is 19.3 Å². The summed E-state index contributed by atoms with van der Waals surface area (Å²) in [6, 6.07) is 0.456. The molecule has 0 radical (unpaired) electrons. The highest BCUT2D eigenvalue weighted by molar-refractivity contribution is 5.71. The molecule has 1 saturated carbocycles. The van der Waals surface area contributed by atoms with Gasteiger partial charge in [-0.2, -0.15) is 4.98 Å². The summed E-state index contributed by atoms with van der Waals surface area (Å²) in [6.07, 6.45) is 2.98. The normalized spacial score (nSPS) is 15.1. The number of hydrogen-bond acceptors (Lipinski definition) is 6. The molecule has 1 fully saturated rings. The van der Waals surface area contributed by atoms with Crippen LogP contribution in [-0.4, -0.2) is 40.2 Å². The summed E-state index contributed by atoms with van der Waals surface area (Å²) in [6.45, 7) is 5.04. The molecule has 0 saturated heterocycles. The highest BCUT2D eigenvalue weighted by Gasteiger charge is 2.31. The van der Waals surface area contributed by atoms with Crippen molar-refractivity contribution in [1.82, 2.24) is 15.0 Å². The molecule has 0 aliphatic heterocycles. The first kappa shape index (κ1) is 13.0. The van der Waals surface area contributed by atoms with Crippen molar-refractivity contribution < 1.29 is 14.1 Å². The molecule has 1 aliphatic carbocycles. The Labute approximate surface area is 106 Å². The van der Waals surface area contributed by atoms with E-state index in [4.69, 9.17) is 9.26 Å². The van der Waals surface area contributed by atoms with Gasteiger partial charge in [0.25, 0.3) is 0 Å². The summed E-state index contributed by atoms with van der Waals surface area (Å²) in [5, 5.41) is 3.91. The number of nitrogens with zero attached hydrogens (tertiary/aromatic N) is 3. The Morgan fingerprint density at radius 1 is 1.50 bits per heavy atom.